The molecule has 0 aliphatic rings. The number of carbonyl (C=O) groups excluding carboxylic acids is 2. The van der Waals surface area contributed by atoms with E-state index in [9.17, 15) is 14.7 Å². The van der Waals surface area contributed by atoms with Gasteiger partial charge < -0.3 is 10.8 Å². The summed E-state index contributed by atoms with van der Waals surface area (Å²) in [5.41, 5.74) is 5.72. The summed E-state index contributed by atoms with van der Waals surface area (Å²) >= 11 is 0. The summed E-state index contributed by atoms with van der Waals surface area (Å²) in [6, 6.07) is 4.11. The third-order valence-corrected chi connectivity index (χ3v) is 5.23. The van der Waals surface area contributed by atoms with E-state index in [2.05, 4.69) is 19.1 Å². The molecular formula is C25H39NO3. The Labute approximate surface area is 176 Å². The first-order valence-electron chi connectivity index (χ1n) is 11.4. The van der Waals surface area contributed by atoms with Gasteiger partial charge in [0.2, 0.25) is 5.91 Å². The number of ketones is 1. The average molecular weight is 402 g/mol. The number of unbranched alkanes of at least 4 members (excludes halogenated alkanes) is 11. The number of Topliss-reactive ketones (excluding diaryl/α,β-unsaturated/α-hetero) is 1. The second kappa shape index (κ2) is 15.8. The van der Waals surface area contributed by atoms with E-state index in [-0.39, 0.29) is 22.7 Å². The average Bonchev–Trinajstić information content (AvgIpc) is 2.70. The van der Waals surface area contributed by atoms with E-state index in [1.165, 1.54) is 76.0 Å². The van der Waals surface area contributed by atoms with Crippen LogP contribution in [0.15, 0.2) is 30.4 Å². The minimum absolute atomic E-state index is 0.0251. The van der Waals surface area contributed by atoms with Crippen molar-refractivity contribution in [3.05, 3.63) is 41.5 Å². The maximum atomic E-state index is 12.3. The zero-order chi connectivity index (χ0) is 21.3. The van der Waals surface area contributed by atoms with Crippen LogP contribution < -0.4 is 5.73 Å². The second-order valence-corrected chi connectivity index (χ2v) is 7.85. The number of rotatable bonds is 17. The van der Waals surface area contributed by atoms with Gasteiger partial charge in [0.05, 0.1) is 5.56 Å². The van der Waals surface area contributed by atoms with Crippen LogP contribution in [0.1, 0.15) is 118 Å². The van der Waals surface area contributed by atoms with E-state index < -0.39 is 5.91 Å². The Morgan fingerprint density at radius 1 is 0.828 bits per heavy atom. The molecule has 1 aromatic carbocycles. The topological polar surface area (TPSA) is 80.4 Å². The van der Waals surface area contributed by atoms with Gasteiger partial charge in [0, 0.05) is 12.0 Å². The molecule has 0 atom stereocenters. The van der Waals surface area contributed by atoms with Gasteiger partial charge in [-0.2, -0.15) is 0 Å². The van der Waals surface area contributed by atoms with Crippen LogP contribution in [-0.4, -0.2) is 16.8 Å². The summed E-state index contributed by atoms with van der Waals surface area (Å²) in [5, 5.41) is 9.56. The predicted molar refractivity (Wildman–Crippen MR) is 120 cm³/mol. The van der Waals surface area contributed by atoms with Crippen molar-refractivity contribution >= 4 is 11.7 Å². The molecule has 1 amide bonds. The van der Waals surface area contributed by atoms with Crippen molar-refractivity contribution in [3.63, 3.8) is 0 Å². The van der Waals surface area contributed by atoms with Crippen LogP contribution in [0.5, 0.6) is 5.75 Å². The number of carbonyl (C=O) groups is 2. The Bertz CT molecular complexity index is 637. The predicted octanol–water partition coefficient (Wildman–Crippen LogP) is 6.71. The molecule has 1 rings (SSSR count). The SMILES string of the molecule is CCCCCCCCC=CCCCCCCCC(=O)c1cc(O)ccc1C(N)=O. The van der Waals surface area contributed by atoms with E-state index in [1.807, 2.05) is 0 Å². The number of benzene rings is 1. The van der Waals surface area contributed by atoms with Crippen molar-refractivity contribution in [1.29, 1.82) is 0 Å². The van der Waals surface area contributed by atoms with E-state index in [1.54, 1.807) is 0 Å². The van der Waals surface area contributed by atoms with Crippen molar-refractivity contribution < 1.29 is 14.7 Å². The zero-order valence-electron chi connectivity index (χ0n) is 18.1. The van der Waals surface area contributed by atoms with Crippen LogP contribution in [-0.2, 0) is 0 Å². The van der Waals surface area contributed by atoms with Crippen LogP contribution in [0, 0.1) is 0 Å². The number of amides is 1. The molecule has 0 bridgehead atoms. The molecule has 0 aliphatic carbocycles. The Balaban J connectivity index is 2.06. The summed E-state index contributed by atoms with van der Waals surface area (Å²) in [6.07, 6.45) is 20.7. The molecule has 0 heterocycles. The van der Waals surface area contributed by atoms with Gasteiger partial charge >= 0.3 is 0 Å². The first-order chi connectivity index (χ1) is 14.1. The molecular weight excluding hydrogens is 362 g/mol. The van der Waals surface area contributed by atoms with Gasteiger partial charge in [-0.1, -0.05) is 70.4 Å². The summed E-state index contributed by atoms with van der Waals surface area (Å²) in [4.78, 5) is 23.8. The van der Waals surface area contributed by atoms with Gasteiger partial charge in [-0.3, -0.25) is 9.59 Å². The minimum atomic E-state index is -0.641. The van der Waals surface area contributed by atoms with Crippen molar-refractivity contribution in [2.45, 2.75) is 96.8 Å². The first kappa shape index (κ1) is 24.9. The number of primary amides is 1. The second-order valence-electron chi connectivity index (χ2n) is 7.85. The number of hydrogen-bond donors (Lipinski definition) is 2. The molecule has 0 aromatic heterocycles. The van der Waals surface area contributed by atoms with Crippen molar-refractivity contribution in [1.82, 2.24) is 0 Å². The first-order valence-corrected chi connectivity index (χ1v) is 11.4. The molecule has 3 N–H and O–H groups in total. The van der Waals surface area contributed by atoms with Crippen LogP contribution >= 0.6 is 0 Å². The third-order valence-electron chi connectivity index (χ3n) is 5.23. The van der Waals surface area contributed by atoms with E-state index in [4.69, 9.17) is 5.73 Å². The molecule has 0 radical (unpaired) electrons. The van der Waals surface area contributed by atoms with Gasteiger partial charge in [0.15, 0.2) is 5.78 Å². The third kappa shape index (κ3) is 11.5. The Morgan fingerprint density at radius 3 is 1.97 bits per heavy atom. The highest BCUT2D eigenvalue weighted by molar-refractivity contribution is 6.07. The van der Waals surface area contributed by atoms with Gasteiger partial charge in [0.25, 0.3) is 0 Å². The van der Waals surface area contributed by atoms with Crippen LogP contribution in [0.4, 0.5) is 0 Å². The number of aromatic hydroxyl groups is 1. The molecule has 4 heteroatoms. The summed E-state index contributed by atoms with van der Waals surface area (Å²) in [6.45, 7) is 2.25. The van der Waals surface area contributed by atoms with Crippen molar-refractivity contribution in [2.75, 3.05) is 0 Å². The molecule has 29 heavy (non-hydrogen) atoms. The number of phenolic OH excluding ortho intramolecular Hbond substituents is 1. The smallest absolute Gasteiger partial charge is 0.249 e. The van der Waals surface area contributed by atoms with Crippen LogP contribution in [0.25, 0.3) is 0 Å². The van der Waals surface area contributed by atoms with Crippen molar-refractivity contribution in [3.8, 4) is 5.75 Å². The highest BCUT2D eigenvalue weighted by Crippen LogP contribution is 2.19. The highest BCUT2D eigenvalue weighted by Gasteiger charge is 2.15. The minimum Gasteiger partial charge on any atom is -0.508 e. The molecule has 0 unspecified atom stereocenters. The number of allylic oxidation sites excluding steroid dienone is 2. The quantitative estimate of drug-likeness (QED) is 0.173. The lowest BCUT2D eigenvalue weighted by Crippen LogP contribution is -2.16. The van der Waals surface area contributed by atoms with E-state index in [0.717, 1.165) is 25.7 Å². The van der Waals surface area contributed by atoms with E-state index in [0.29, 0.717) is 6.42 Å². The zero-order valence-corrected chi connectivity index (χ0v) is 18.1. The fourth-order valence-electron chi connectivity index (χ4n) is 3.47. The van der Waals surface area contributed by atoms with Gasteiger partial charge in [-0.15, -0.1) is 0 Å². The maximum Gasteiger partial charge on any atom is 0.249 e. The lowest BCUT2D eigenvalue weighted by molar-refractivity contribution is 0.0954. The van der Waals surface area contributed by atoms with Crippen LogP contribution in [0.3, 0.4) is 0 Å². The molecule has 4 nitrogen and oxygen atoms in total. The fourth-order valence-corrected chi connectivity index (χ4v) is 3.47. The number of hydrogen-bond acceptors (Lipinski definition) is 3. The largest absolute Gasteiger partial charge is 0.508 e. The monoisotopic (exact) mass is 401 g/mol. The lowest BCUT2D eigenvalue weighted by atomic mass is 9.98. The van der Waals surface area contributed by atoms with Gasteiger partial charge in [-0.05, 0) is 50.3 Å². The Hall–Kier alpha value is -2.10. The Kier molecular flexibility index (Phi) is 13.6. The number of nitrogens with two attached hydrogens (primary N) is 1. The Morgan fingerprint density at radius 2 is 1.38 bits per heavy atom. The standard InChI is InChI=1S/C25H39NO3/c1-2-3-4-5-6-7-8-9-10-11-12-13-14-15-16-17-24(28)23-20-21(27)18-19-22(23)25(26)29/h9-10,18-20,27H,2-8,11-17H2,1H3,(H2,26,29). The molecule has 0 saturated carbocycles. The summed E-state index contributed by atoms with van der Waals surface area (Å²) in [7, 11) is 0. The van der Waals surface area contributed by atoms with E-state index >= 15 is 0 Å². The van der Waals surface area contributed by atoms with Gasteiger partial charge in [0.1, 0.15) is 5.75 Å². The lowest BCUT2D eigenvalue weighted by Gasteiger charge is -2.07. The molecule has 1 aromatic rings. The molecule has 0 saturated heterocycles. The normalized spacial score (nSPS) is 11.2. The maximum absolute atomic E-state index is 12.3. The summed E-state index contributed by atoms with van der Waals surface area (Å²) < 4.78 is 0. The van der Waals surface area contributed by atoms with Gasteiger partial charge in [-0.25, -0.2) is 0 Å². The van der Waals surface area contributed by atoms with Crippen LogP contribution in [0.2, 0.25) is 0 Å². The molecule has 0 aliphatic heterocycles. The van der Waals surface area contributed by atoms with Crippen molar-refractivity contribution in [2.24, 2.45) is 5.73 Å². The molecule has 0 spiro atoms. The highest BCUT2D eigenvalue weighted by atomic mass is 16.3. The fraction of sp³-hybridized carbons (Fsp3) is 0.600. The molecule has 0 fully saturated rings. The number of phenols is 1. The summed E-state index contributed by atoms with van der Waals surface area (Å²) in [5.74, 6) is -0.798. The molecule has 162 valence electrons.